The first-order valence-electron chi connectivity index (χ1n) is 6.37. The third-order valence-electron chi connectivity index (χ3n) is 3.69. The lowest BCUT2D eigenvalue weighted by Gasteiger charge is -2.16. The van der Waals surface area contributed by atoms with Gasteiger partial charge in [0.1, 0.15) is 5.65 Å². The molecule has 2 heterocycles. The Morgan fingerprint density at radius 2 is 1.88 bits per heavy atom. The quantitative estimate of drug-likeness (QED) is 0.658. The molecular formula is C14H18N2. The molecule has 1 saturated carbocycles. The molecule has 0 unspecified atom stereocenters. The Balaban J connectivity index is 1.97. The van der Waals surface area contributed by atoms with E-state index >= 15 is 0 Å². The van der Waals surface area contributed by atoms with Gasteiger partial charge < -0.3 is 4.57 Å². The molecule has 2 nitrogen and oxygen atoms in total. The van der Waals surface area contributed by atoms with Gasteiger partial charge in [-0.15, -0.1) is 0 Å². The van der Waals surface area contributed by atoms with E-state index in [-0.39, 0.29) is 0 Å². The molecule has 0 bridgehead atoms. The van der Waals surface area contributed by atoms with E-state index in [0.29, 0.717) is 6.04 Å². The zero-order chi connectivity index (χ0) is 10.8. The summed E-state index contributed by atoms with van der Waals surface area (Å²) in [6, 6.07) is 7.03. The Hall–Kier alpha value is -1.31. The summed E-state index contributed by atoms with van der Waals surface area (Å²) in [5.41, 5.74) is 1.16. The van der Waals surface area contributed by atoms with Crippen LogP contribution in [-0.2, 0) is 0 Å². The second kappa shape index (κ2) is 4.28. The summed E-state index contributed by atoms with van der Waals surface area (Å²) in [6.45, 7) is 0. The van der Waals surface area contributed by atoms with Crippen molar-refractivity contribution < 1.29 is 0 Å². The molecule has 0 amide bonds. The molecule has 0 radical (unpaired) electrons. The van der Waals surface area contributed by atoms with Crippen molar-refractivity contribution in [1.29, 1.82) is 0 Å². The van der Waals surface area contributed by atoms with Gasteiger partial charge in [-0.1, -0.05) is 25.7 Å². The summed E-state index contributed by atoms with van der Waals surface area (Å²) in [5.74, 6) is 0. The van der Waals surface area contributed by atoms with E-state index in [0.717, 1.165) is 5.65 Å². The number of fused-ring (bicyclic) bond motifs is 1. The molecule has 2 heteroatoms. The van der Waals surface area contributed by atoms with Crippen molar-refractivity contribution in [2.24, 2.45) is 0 Å². The summed E-state index contributed by atoms with van der Waals surface area (Å²) >= 11 is 0. The molecule has 84 valence electrons. The average Bonchev–Trinajstić information content (AvgIpc) is 2.57. The number of hydrogen-bond acceptors (Lipinski definition) is 1. The van der Waals surface area contributed by atoms with Gasteiger partial charge in [0, 0.05) is 23.8 Å². The Bertz CT molecular complexity index is 464. The zero-order valence-corrected chi connectivity index (χ0v) is 9.60. The predicted molar refractivity (Wildman–Crippen MR) is 66.5 cm³/mol. The SMILES string of the molecule is c1cnc2c(c1)ccn2C1CCCCCC1. The van der Waals surface area contributed by atoms with Crippen molar-refractivity contribution >= 4 is 11.0 Å². The van der Waals surface area contributed by atoms with E-state index in [9.17, 15) is 0 Å². The maximum atomic E-state index is 4.51. The zero-order valence-electron chi connectivity index (χ0n) is 9.60. The van der Waals surface area contributed by atoms with Gasteiger partial charge in [-0.3, -0.25) is 0 Å². The fraction of sp³-hybridized carbons (Fsp3) is 0.500. The third kappa shape index (κ3) is 1.73. The minimum Gasteiger partial charge on any atom is -0.329 e. The summed E-state index contributed by atoms with van der Waals surface area (Å²) in [6.07, 6.45) is 12.3. The maximum Gasteiger partial charge on any atom is 0.140 e. The highest BCUT2D eigenvalue weighted by atomic mass is 15.1. The number of nitrogens with zero attached hydrogens (tertiary/aromatic N) is 2. The van der Waals surface area contributed by atoms with Crippen LogP contribution in [0.5, 0.6) is 0 Å². The largest absolute Gasteiger partial charge is 0.329 e. The first kappa shape index (κ1) is 9.88. The summed E-state index contributed by atoms with van der Waals surface area (Å²) in [5, 5.41) is 1.27. The van der Waals surface area contributed by atoms with Crippen molar-refractivity contribution in [2.75, 3.05) is 0 Å². The topological polar surface area (TPSA) is 17.8 Å². The van der Waals surface area contributed by atoms with Crippen LogP contribution in [0.1, 0.15) is 44.6 Å². The number of rotatable bonds is 1. The maximum absolute atomic E-state index is 4.51. The van der Waals surface area contributed by atoms with Crippen molar-refractivity contribution in [2.45, 2.75) is 44.6 Å². The Kier molecular flexibility index (Phi) is 2.65. The lowest BCUT2D eigenvalue weighted by Crippen LogP contribution is -2.07. The summed E-state index contributed by atoms with van der Waals surface area (Å²) in [4.78, 5) is 4.51. The fourth-order valence-corrected chi connectivity index (χ4v) is 2.82. The molecule has 0 N–H and O–H groups in total. The van der Waals surface area contributed by atoms with Crippen molar-refractivity contribution in [3.63, 3.8) is 0 Å². The number of hydrogen-bond donors (Lipinski definition) is 0. The van der Waals surface area contributed by atoms with Crippen molar-refractivity contribution in [3.05, 3.63) is 30.6 Å². The smallest absolute Gasteiger partial charge is 0.140 e. The van der Waals surface area contributed by atoms with Crippen molar-refractivity contribution in [3.8, 4) is 0 Å². The van der Waals surface area contributed by atoms with Gasteiger partial charge in [-0.2, -0.15) is 0 Å². The molecule has 2 aromatic rings. The van der Waals surface area contributed by atoms with Crippen LogP contribution in [0, 0.1) is 0 Å². The van der Waals surface area contributed by atoms with E-state index in [1.165, 1.54) is 43.9 Å². The van der Waals surface area contributed by atoms with Crippen LogP contribution < -0.4 is 0 Å². The molecular weight excluding hydrogens is 196 g/mol. The van der Waals surface area contributed by atoms with E-state index in [4.69, 9.17) is 0 Å². The molecule has 0 saturated heterocycles. The highest BCUT2D eigenvalue weighted by Crippen LogP contribution is 2.29. The fourth-order valence-electron chi connectivity index (χ4n) is 2.82. The Morgan fingerprint density at radius 3 is 2.69 bits per heavy atom. The molecule has 2 aromatic heterocycles. The normalized spacial score (nSPS) is 18.8. The molecule has 1 aliphatic rings. The monoisotopic (exact) mass is 214 g/mol. The molecule has 0 aliphatic heterocycles. The molecule has 16 heavy (non-hydrogen) atoms. The van der Waals surface area contributed by atoms with Gasteiger partial charge in [0.15, 0.2) is 0 Å². The van der Waals surface area contributed by atoms with Crippen LogP contribution in [0.3, 0.4) is 0 Å². The second-order valence-corrected chi connectivity index (χ2v) is 4.78. The molecule has 0 atom stereocenters. The Labute approximate surface area is 96.3 Å². The third-order valence-corrected chi connectivity index (χ3v) is 3.69. The second-order valence-electron chi connectivity index (χ2n) is 4.78. The van der Waals surface area contributed by atoms with Crippen LogP contribution in [0.2, 0.25) is 0 Å². The predicted octanol–water partition coefficient (Wildman–Crippen LogP) is 3.93. The Morgan fingerprint density at radius 1 is 1.06 bits per heavy atom. The lowest BCUT2D eigenvalue weighted by molar-refractivity contribution is 0.454. The average molecular weight is 214 g/mol. The van der Waals surface area contributed by atoms with Crippen LogP contribution in [0.15, 0.2) is 30.6 Å². The van der Waals surface area contributed by atoms with Gasteiger partial charge in [0.25, 0.3) is 0 Å². The van der Waals surface area contributed by atoms with Crippen molar-refractivity contribution in [1.82, 2.24) is 9.55 Å². The number of pyridine rings is 1. The van der Waals surface area contributed by atoms with Crippen LogP contribution in [0.25, 0.3) is 11.0 Å². The van der Waals surface area contributed by atoms with Gasteiger partial charge in [0.2, 0.25) is 0 Å². The molecule has 0 spiro atoms. The van der Waals surface area contributed by atoms with Gasteiger partial charge in [0.05, 0.1) is 0 Å². The first-order chi connectivity index (χ1) is 7.95. The molecule has 1 aliphatic carbocycles. The van der Waals surface area contributed by atoms with E-state index < -0.39 is 0 Å². The van der Waals surface area contributed by atoms with Crippen LogP contribution in [0.4, 0.5) is 0 Å². The highest BCUT2D eigenvalue weighted by Gasteiger charge is 2.15. The van der Waals surface area contributed by atoms with Gasteiger partial charge in [-0.05, 0) is 31.0 Å². The lowest BCUT2D eigenvalue weighted by atomic mass is 10.1. The standard InChI is InChI=1S/C14H18N2/c1-2-4-8-13(7-3-1)16-11-9-12-6-5-10-15-14(12)16/h5-6,9-11,13H,1-4,7-8H2. The van der Waals surface area contributed by atoms with E-state index in [2.05, 4.69) is 27.9 Å². The van der Waals surface area contributed by atoms with E-state index in [1.807, 2.05) is 12.3 Å². The minimum atomic E-state index is 0.676. The van der Waals surface area contributed by atoms with Crippen LogP contribution >= 0.6 is 0 Å². The molecule has 0 aromatic carbocycles. The first-order valence-corrected chi connectivity index (χ1v) is 6.37. The summed E-state index contributed by atoms with van der Waals surface area (Å²) in [7, 11) is 0. The van der Waals surface area contributed by atoms with E-state index in [1.54, 1.807) is 0 Å². The molecule has 3 rings (SSSR count). The highest BCUT2D eigenvalue weighted by molar-refractivity contribution is 5.75. The molecule has 1 fully saturated rings. The van der Waals surface area contributed by atoms with Gasteiger partial charge >= 0.3 is 0 Å². The number of aromatic nitrogens is 2. The van der Waals surface area contributed by atoms with Gasteiger partial charge in [-0.25, -0.2) is 4.98 Å². The van der Waals surface area contributed by atoms with Crippen LogP contribution in [-0.4, -0.2) is 9.55 Å². The minimum absolute atomic E-state index is 0.676. The summed E-state index contributed by atoms with van der Waals surface area (Å²) < 4.78 is 2.39.